The van der Waals surface area contributed by atoms with Crippen LogP contribution in [0, 0.1) is 5.92 Å². The van der Waals surface area contributed by atoms with Crippen molar-refractivity contribution in [2.24, 2.45) is 11.8 Å². The molecule has 0 aliphatic heterocycles. The fourth-order valence-corrected chi connectivity index (χ4v) is 2.64. The van der Waals surface area contributed by atoms with Gasteiger partial charge in [-0.3, -0.25) is 0 Å². The van der Waals surface area contributed by atoms with Crippen LogP contribution < -0.4 is 16.6 Å². The highest BCUT2D eigenvalue weighted by Gasteiger charge is 2.27. The van der Waals surface area contributed by atoms with Crippen LogP contribution in [0.1, 0.15) is 43.8 Å². The van der Waals surface area contributed by atoms with Crippen LogP contribution in [0.25, 0.3) is 0 Å². The fraction of sp³-hybridized carbons (Fsp3) is 0.692. The second-order valence-corrected chi connectivity index (χ2v) is 5.63. The summed E-state index contributed by atoms with van der Waals surface area (Å²) < 4.78 is 0. The number of anilines is 2. The predicted octanol–water partition coefficient (Wildman–Crippen LogP) is 1.21. The Bertz CT molecular complexity index is 449. The van der Waals surface area contributed by atoms with Gasteiger partial charge >= 0.3 is 0 Å². The lowest BCUT2D eigenvalue weighted by molar-refractivity contribution is 0.178. The van der Waals surface area contributed by atoms with Crippen molar-refractivity contribution in [3.8, 4) is 0 Å². The maximum Gasteiger partial charge on any atom is 0.145 e. The van der Waals surface area contributed by atoms with Crippen molar-refractivity contribution < 1.29 is 5.11 Å². The maximum atomic E-state index is 9.52. The highest BCUT2D eigenvalue weighted by atomic mass is 16.3. The molecule has 19 heavy (non-hydrogen) atoms. The maximum absolute atomic E-state index is 9.52. The van der Waals surface area contributed by atoms with Crippen LogP contribution in [0.2, 0.25) is 0 Å². The molecule has 6 heteroatoms. The van der Waals surface area contributed by atoms with Crippen LogP contribution in [0.5, 0.6) is 0 Å². The third-order valence-corrected chi connectivity index (χ3v) is 3.92. The van der Waals surface area contributed by atoms with Crippen LogP contribution in [-0.2, 0) is 0 Å². The highest BCUT2D eigenvalue weighted by molar-refractivity contribution is 5.47. The number of nitrogens with two attached hydrogens (primary N) is 1. The van der Waals surface area contributed by atoms with Gasteiger partial charge in [0.1, 0.15) is 17.5 Å². The molecule has 2 atom stereocenters. The monoisotopic (exact) mass is 263 g/mol. The van der Waals surface area contributed by atoms with E-state index in [0.29, 0.717) is 17.7 Å². The van der Waals surface area contributed by atoms with E-state index in [2.05, 4.69) is 20.7 Å². The molecule has 5 N–H and O–H groups in total. The Morgan fingerprint density at radius 1 is 1.21 bits per heavy atom. The van der Waals surface area contributed by atoms with Crippen molar-refractivity contribution in [3.63, 3.8) is 0 Å². The number of nitrogens with zero attached hydrogens (tertiary/aromatic N) is 2. The summed E-state index contributed by atoms with van der Waals surface area (Å²) in [5.41, 5.74) is 2.59. The Hall–Kier alpha value is -1.40. The van der Waals surface area contributed by atoms with E-state index in [1.807, 2.05) is 6.07 Å². The molecule has 2 unspecified atom stereocenters. The number of hydrogen-bond donors (Lipinski definition) is 4. The molecule has 1 aromatic rings. The van der Waals surface area contributed by atoms with Crippen molar-refractivity contribution >= 4 is 11.6 Å². The van der Waals surface area contributed by atoms with E-state index in [4.69, 9.17) is 5.84 Å². The van der Waals surface area contributed by atoms with Crippen LogP contribution in [0.4, 0.5) is 11.6 Å². The van der Waals surface area contributed by atoms with Gasteiger partial charge in [0.05, 0.1) is 6.10 Å². The van der Waals surface area contributed by atoms with Gasteiger partial charge in [-0.1, -0.05) is 0 Å². The molecule has 104 valence electrons. The summed E-state index contributed by atoms with van der Waals surface area (Å²) in [5, 5.41) is 12.9. The number of nitrogen functional groups attached to an aromatic ring is 1. The van der Waals surface area contributed by atoms with Gasteiger partial charge in [0.2, 0.25) is 0 Å². The van der Waals surface area contributed by atoms with E-state index in [1.165, 1.54) is 12.8 Å². The third-order valence-electron chi connectivity index (χ3n) is 3.92. The van der Waals surface area contributed by atoms with Crippen molar-refractivity contribution in [2.45, 2.75) is 44.1 Å². The zero-order valence-corrected chi connectivity index (χ0v) is 11.0. The lowest BCUT2D eigenvalue weighted by atomic mass is 10.1. The van der Waals surface area contributed by atoms with Crippen molar-refractivity contribution in [1.29, 1.82) is 0 Å². The van der Waals surface area contributed by atoms with Gasteiger partial charge in [-0.2, -0.15) is 0 Å². The van der Waals surface area contributed by atoms with E-state index in [0.717, 1.165) is 37.4 Å². The molecule has 2 fully saturated rings. The first-order chi connectivity index (χ1) is 9.24. The average molecular weight is 263 g/mol. The SMILES string of the molecule is NNc1cc(NCC2CCC(O)C2)nc(C2CC2)n1. The van der Waals surface area contributed by atoms with Gasteiger partial charge in [-0.05, 0) is 38.0 Å². The van der Waals surface area contributed by atoms with Crippen LogP contribution in [-0.4, -0.2) is 27.7 Å². The molecule has 0 saturated heterocycles. The number of aliphatic hydroxyl groups is 1. The minimum atomic E-state index is -0.125. The summed E-state index contributed by atoms with van der Waals surface area (Å²) in [5.74, 6) is 8.84. The molecule has 1 aromatic heterocycles. The summed E-state index contributed by atoms with van der Waals surface area (Å²) in [6.45, 7) is 0.849. The second-order valence-electron chi connectivity index (χ2n) is 5.63. The van der Waals surface area contributed by atoms with Gasteiger partial charge in [0.25, 0.3) is 0 Å². The summed E-state index contributed by atoms with van der Waals surface area (Å²) in [7, 11) is 0. The molecule has 0 radical (unpaired) electrons. The molecular formula is C13H21N5O. The lowest BCUT2D eigenvalue weighted by Crippen LogP contribution is -2.16. The molecule has 0 aromatic carbocycles. The Kier molecular flexibility index (Phi) is 3.52. The topological polar surface area (TPSA) is 96.1 Å². The predicted molar refractivity (Wildman–Crippen MR) is 73.7 cm³/mol. The van der Waals surface area contributed by atoms with Crippen LogP contribution >= 0.6 is 0 Å². The first-order valence-corrected chi connectivity index (χ1v) is 7.02. The smallest absolute Gasteiger partial charge is 0.145 e. The fourth-order valence-electron chi connectivity index (χ4n) is 2.64. The molecular weight excluding hydrogens is 242 g/mol. The first kappa shape index (κ1) is 12.6. The molecule has 2 saturated carbocycles. The van der Waals surface area contributed by atoms with Crippen molar-refractivity contribution in [3.05, 3.63) is 11.9 Å². The standard InChI is InChI=1S/C13H21N5O/c14-18-12-6-11(16-13(17-12)9-2-3-9)15-7-8-1-4-10(19)5-8/h6,8-10,19H,1-5,7,14H2,(H2,15,16,17,18). The van der Waals surface area contributed by atoms with Gasteiger partial charge in [-0.25, -0.2) is 15.8 Å². The quantitative estimate of drug-likeness (QED) is 0.471. The number of aromatic nitrogens is 2. The summed E-state index contributed by atoms with van der Waals surface area (Å²) in [6.07, 6.45) is 5.09. The molecule has 0 bridgehead atoms. The number of hydrogen-bond acceptors (Lipinski definition) is 6. The van der Waals surface area contributed by atoms with Gasteiger partial charge in [0, 0.05) is 18.5 Å². The van der Waals surface area contributed by atoms with Crippen molar-refractivity contribution in [2.75, 3.05) is 17.3 Å². The Balaban J connectivity index is 1.64. The highest BCUT2D eigenvalue weighted by Crippen LogP contribution is 2.38. The van der Waals surface area contributed by atoms with E-state index in [1.54, 1.807) is 0 Å². The number of nitrogens with one attached hydrogen (secondary N) is 2. The number of rotatable bonds is 5. The van der Waals surface area contributed by atoms with Gasteiger partial charge in [0.15, 0.2) is 0 Å². The molecule has 0 spiro atoms. The summed E-state index contributed by atoms with van der Waals surface area (Å²) in [6, 6.07) is 1.83. The molecule has 2 aliphatic carbocycles. The summed E-state index contributed by atoms with van der Waals surface area (Å²) >= 11 is 0. The van der Waals surface area contributed by atoms with E-state index < -0.39 is 0 Å². The molecule has 2 aliphatic rings. The Labute approximate surface area is 112 Å². The molecule has 1 heterocycles. The first-order valence-electron chi connectivity index (χ1n) is 7.02. The van der Waals surface area contributed by atoms with E-state index in [9.17, 15) is 5.11 Å². The normalized spacial score (nSPS) is 26.4. The van der Waals surface area contributed by atoms with Crippen molar-refractivity contribution in [1.82, 2.24) is 9.97 Å². The molecule has 6 nitrogen and oxygen atoms in total. The minimum Gasteiger partial charge on any atom is -0.393 e. The minimum absolute atomic E-state index is 0.125. The average Bonchev–Trinajstić information content (AvgIpc) is 3.19. The Morgan fingerprint density at radius 3 is 2.63 bits per heavy atom. The zero-order valence-electron chi connectivity index (χ0n) is 11.0. The van der Waals surface area contributed by atoms with Gasteiger partial charge in [-0.15, -0.1) is 0 Å². The third kappa shape index (κ3) is 3.13. The number of hydrazine groups is 1. The second kappa shape index (κ2) is 5.30. The zero-order chi connectivity index (χ0) is 13.2. The molecule has 3 rings (SSSR count). The van der Waals surface area contributed by atoms with Crippen LogP contribution in [0.15, 0.2) is 6.07 Å². The van der Waals surface area contributed by atoms with E-state index in [-0.39, 0.29) is 6.10 Å². The molecule has 0 amide bonds. The summed E-state index contributed by atoms with van der Waals surface area (Å²) in [4.78, 5) is 8.92. The lowest BCUT2D eigenvalue weighted by Gasteiger charge is -2.13. The van der Waals surface area contributed by atoms with Gasteiger partial charge < -0.3 is 15.8 Å². The largest absolute Gasteiger partial charge is 0.393 e. The number of aliphatic hydroxyl groups excluding tert-OH is 1. The van der Waals surface area contributed by atoms with E-state index >= 15 is 0 Å². The Morgan fingerprint density at radius 2 is 2.00 bits per heavy atom. The van der Waals surface area contributed by atoms with Crippen LogP contribution in [0.3, 0.4) is 0 Å².